The molecule has 6 heteroatoms. The lowest BCUT2D eigenvalue weighted by atomic mass is 9.92. The van der Waals surface area contributed by atoms with Gasteiger partial charge in [0.2, 0.25) is 5.91 Å². The predicted octanol–water partition coefficient (Wildman–Crippen LogP) is 2.61. The van der Waals surface area contributed by atoms with Gasteiger partial charge >= 0.3 is 6.03 Å². The molecule has 0 saturated carbocycles. The van der Waals surface area contributed by atoms with Crippen molar-refractivity contribution in [3.63, 3.8) is 0 Å². The van der Waals surface area contributed by atoms with Gasteiger partial charge in [-0.05, 0) is 38.2 Å². The van der Waals surface area contributed by atoms with Gasteiger partial charge < -0.3 is 10.6 Å². The van der Waals surface area contributed by atoms with Crippen LogP contribution in [0.15, 0.2) is 30.3 Å². The molecule has 2 N–H and O–H groups in total. The van der Waals surface area contributed by atoms with Crippen LogP contribution in [-0.2, 0) is 9.59 Å². The van der Waals surface area contributed by atoms with Crippen LogP contribution in [0.5, 0.6) is 0 Å². The van der Waals surface area contributed by atoms with Gasteiger partial charge in [0.15, 0.2) is 0 Å². The average Bonchev–Trinajstić information content (AvgIpc) is 2.77. The SMILES string of the molecule is CC(C)CC[C@@]1(C)NC(=O)N(CC(=O)N[C@H](C)c2ccccc2)C1=O. The van der Waals surface area contributed by atoms with Gasteiger partial charge in [0, 0.05) is 0 Å². The first-order valence-electron chi connectivity index (χ1n) is 8.71. The summed E-state index contributed by atoms with van der Waals surface area (Å²) in [5.74, 6) is -0.251. The van der Waals surface area contributed by atoms with E-state index in [-0.39, 0.29) is 24.4 Å². The molecule has 1 fully saturated rings. The van der Waals surface area contributed by atoms with Gasteiger partial charge in [0.25, 0.3) is 5.91 Å². The molecule has 1 aliphatic heterocycles. The Bertz CT molecular complexity index is 645. The van der Waals surface area contributed by atoms with E-state index in [0.717, 1.165) is 16.9 Å². The van der Waals surface area contributed by atoms with Crippen LogP contribution in [0, 0.1) is 5.92 Å². The third-order valence-electron chi connectivity index (χ3n) is 4.55. The molecule has 1 saturated heterocycles. The second kappa shape index (κ2) is 7.68. The molecule has 136 valence electrons. The van der Waals surface area contributed by atoms with Crippen molar-refractivity contribution >= 4 is 17.8 Å². The second-order valence-corrected chi connectivity index (χ2v) is 7.29. The lowest BCUT2D eigenvalue weighted by molar-refractivity contribution is -0.135. The lowest BCUT2D eigenvalue weighted by Crippen LogP contribution is -2.45. The highest BCUT2D eigenvalue weighted by Gasteiger charge is 2.47. The van der Waals surface area contributed by atoms with Crippen LogP contribution < -0.4 is 10.6 Å². The van der Waals surface area contributed by atoms with Crippen LogP contribution in [0.25, 0.3) is 0 Å². The summed E-state index contributed by atoms with van der Waals surface area (Å²) < 4.78 is 0. The van der Waals surface area contributed by atoms with Gasteiger partial charge in [-0.2, -0.15) is 0 Å². The third kappa shape index (κ3) is 4.59. The number of carbonyl (C=O) groups is 3. The van der Waals surface area contributed by atoms with E-state index in [2.05, 4.69) is 24.5 Å². The molecule has 0 aliphatic carbocycles. The highest BCUT2D eigenvalue weighted by atomic mass is 16.2. The molecule has 0 aromatic heterocycles. The van der Waals surface area contributed by atoms with Crippen LogP contribution in [0.1, 0.15) is 52.1 Å². The number of benzene rings is 1. The maximum atomic E-state index is 12.6. The van der Waals surface area contributed by atoms with Gasteiger partial charge in [0.1, 0.15) is 12.1 Å². The maximum absolute atomic E-state index is 12.6. The van der Waals surface area contributed by atoms with Crippen LogP contribution >= 0.6 is 0 Å². The van der Waals surface area contributed by atoms with Crippen molar-refractivity contribution in [2.45, 2.75) is 52.1 Å². The zero-order chi connectivity index (χ0) is 18.6. The molecule has 1 aliphatic rings. The van der Waals surface area contributed by atoms with E-state index in [1.54, 1.807) is 6.92 Å². The van der Waals surface area contributed by atoms with Crippen molar-refractivity contribution in [1.29, 1.82) is 0 Å². The fourth-order valence-corrected chi connectivity index (χ4v) is 2.89. The molecule has 0 unspecified atom stereocenters. The number of rotatable bonds is 7. The first-order valence-corrected chi connectivity index (χ1v) is 8.71. The number of hydrogen-bond donors (Lipinski definition) is 2. The Morgan fingerprint density at radius 1 is 1.20 bits per heavy atom. The average molecular weight is 345 g/mol. The van der Waals surface area contributed by atoms with Crippen molar-refractivity contribution in [2.24, 2.45) is 5.92 Å². The van der Waals surface area contributed by atoms with Gasteiger partial charge in [-0.3, -0.25) is 14.5 Å². The van der Waals surface area contributed by atoms with Crippen LogP contribution in [0.2, 0.25) is 0 Å². The van der Waals surface area contributed by atoms with E-state index in [0.29, 0.717) is 12.3 Å². The first-order chi connectivity index (χ1) is 11.7. The molecule has 2 atom stereocenters. The van der Waals surface area contributed by atoms with Gasteiger partial charge in [-0.25, -0.2) is 4.79 Å². The monoisotopic (exact) mass is 345 g/mol. The van der Waals surface area contributed by atoms with Crippen molar-refractivity contribution in [3.8, 4) is 0 Å². The molecule has 1 heterocycles. The number of amides is 4. The molecule has 1 aromatic carbocycles. The minimum atomic E-state index is -0.924. The van der Waals surface area contributed by atoms with Crippen molar-refractivity contribution in [2.75, 3.05) is 6.54 Å². The Morgan fingerprint density at radius 3 is 2.44 bits per heavy atom. The smallest absolute Gasteiger partial charge is 0.325 e. The van der Waals surface area contributed by atoms with E-state index in [1.165, 1.54) is 0 Å². The first kappa shape index (κ1) is 19.0. The third-order valence-corrected chi connectivity index (χ3v) is 4.55. The standard InChI is InChI=1S/C19H27N3O3/c1-13(2)10-11-19(4)17(24)22(18(25)21-19)12-16(23)20-14(3)15-8-6-5-7-9-15/h5-9,13-14H,10-12H2,1-4H3,(H,20,23)(H,21,25)/t14-,19-/m1/s1. The van der Waals surface area contributed by atoms with E-state index < -0.39 is 11.6 Å². The molecule has 4 amide bonds. The van der Waals surface area contributed by atoms with Crippen molar-refractivity contribution < 1.29 is 14.4 Å². The summed E-state index contributed by atoms with van der Waals surface area (Å²) in [7, 11) is 0. The summed E-state index contributed by atoms with van der Waals surface area (Å²) in [6.45, 7) is 7.46. The minimum Gasteiger partial charge on any atom is -0.348 e. The zero-order valence-corrected chi connectivity index (χ0v) is 15.3. The topological polar surface area (TPSA) is 78.5 Å². The molecule has 0 bridgehead atoms. The molecular formula is C19H27N3O3. The van der Waals surface area contributed by atoms with E-state index in [9.17, 15) is 14.4 Å². The molecule has 0 spiro atoms. The number of nitrogens with zero attached hydrogens (tertiary/aromatic N) is 1. The molecule has 25 heavy (non-hydrogen) atoms. The van der Waals surface area contributed by atoms with Crippen molar-refractivity contribution in [3.05, 3.63) is 35.9 Å². The number of hydrogen-bond acceptors (Lipinski definition) is 3. The number of nitrogens with one attached hydrogen (secondary N) is 2. The Hall–Kier alpha value is -2.37. The quantitative estimate of drug-likeness (QED) is 0.746. The highest BCUT2D eigenvalue weighted by molar-refractivity contribution is 6.08. The zero-order valence-electron chi connectivity index (χ0n) is 15.3. The molecule has 6 nitrogen and oxygen atoms in total. The number of imide groups is 1. The van der Waals surface area contributed by atoms with Crippen LogP contribution in [0.4, 0.5) is 4.79 Å². The molecule has 0 radical (unpaired) electrons. The van der Waals surface area contributed by atoms with Gasteiger partial charge in [0.05, 0.1) is 6.04 Å². The Balaban J connectivity index is 1.96. The Labute approximate surface area is 149 Å². The largest absolute Gasteiger partial charge is 0.348 e. The van der Waals surface area contributed by atoms with Gasteiger partial charge in [-0.15, -0.1) is 0 Å². The molecule has 2 rings (SSSR count). The normalized spacial score (nSPS) is 21.4. The molecule has 1 aromatic rings. The number of urea groups is 1. The van der Waals surface area contributed by atoms with Gasteiger partial charge in [-0.1, -0.05) is 44.2 Å². The van der Waals surface area contributed by atoms with Crippen molar-refractivity contribution in [1.82, 2.24) is 15.5 Å². The fraction of sp³-hybridized carbons (Fsp3) is 0.526. The summed E-state index contributed by atoms with van der Waals surface area (Å²) in [6.07, 6.45) is 1.39. The Kier molecular flexibility index (Phi) is 5.82. The maximum Gasteiger partial charge on any atom is 0.325 e. The summed E-state index contributed by atoms with van der Waals surface area (Å²) >= 11 is 0. The summed E-state index contributed by atoms with van der Waals surface area (Å²) in [5.41, 5.74) is 0.0435. The van der Waals surface area contributed by atoms with Crippen LogP contribution in [0.3, 0.4) is 0 Å². The van der Waals surface area contributed by atoms with Crippen LogP contribution in [-0.4, -0.2) is 34.8 Å². The van der Waals surface area contributed by atoms with E-state index >= 15 is 0 Å². The highest BCUT2D eigenvalue weighted by Crippen LogP contribution is 2.24. The number of carbonyl (C=O) groups excluding carboxylic acids is 3. The fourth-order valence-electron chi connectivity index (χ4n) is 2.89. The Morgan fingerprint density at radius 2 is 1.84 bits per heavy atom. The summed E-state index contributed by atoms with van der Waals surface area (Å²) in [4.78, 5) is 38.0. The summed E-state index contributed by atoms with van der Waals surface area (Å²) in [5, 5.41) is 5.56. The second-order valence-electron chi connectivity index (χ2n) is 7.29. The van der Waals surface area contributed by atoms with E-state index in [1.807, 2.05) is 37.3 Å². The minimum absolute atomic E-state index is 0.193. The predicted molar refractivity (Wildman–Crippen MR) is 95.7 cm³/mol. The summed E-state index contributed by atoms with van der Waals surface area (Å²) in [6, 6.07) is 8.85. The molecular weight excluding hydrogens is 318 g/mol. The lowest BCUT2D eigenvalue weighted by Gasteiger charge is -2.22. The van der Waals surface area contributed by atoms with E-state index in [4.69, 9.17) is 0 Å².